The van der Waals surface area contributed by atoms with Crippen LogP contribution in [-0.4, -0.2) is 23.8 Å². The maximum atomic E-state index is 11.9. The van der Waals surface area contributed by atoms with Crippen molar-refractivity contribution in [3.8, 4) is 0 Å². The van der Waals surface area contributed by atoms with Crippen molar-refractivity contribution in [1.82, 2.24) is 5.32 Å². The second-order valence-electron chi connectivity index (χ2n) is 4.46. The molecule has 0 aromatic heterocycles. The van der Waals surface area contributed by atoms with Gasteiger partial charge < -0.3 is 10.2 Å². The average Bonchev–Trinajstić information content (AvgIpc) is 2.72. The van der Waals surface area contributed by atoms with Crippen molar-refractivity contribution in [2.45, 2.75) is 25.9 Å². The number of benzene rings is 1. The monoisotopic (exact) mass is 243 g/mol. The van der Waals surface area contributed by atoms with Crippen LogP contribution < -0.4 is 10.2 Å². The average molecular weight is 243 g/mol. The Morgan fingerprint density at radius 3 is 3.00 bits per heavy atom. The molecule has 2 heterocycles. The quantitative estimate of drug-likeness (QED) is 0.747. The third-order valence-electron chi connectivity index (χ3n) is 3.22. The maximum absolute atomic E-state index is 11.9. The van der Waals surface area contributed by atoms with Crippen molar-refractivity contribution in [2.24, 2.45) is 4.99 Å². The molecule has 2 aliphatic heterocycles. The first-order valence-corrected chi connectivity index (χ1v) is 5.94. The number of hydrogen-bond acceptors (Lipinski definition) is 2. The highest BCUT2D eigenvalue weighted by Crippen LogP contribution is 2.32. The van der Waals surface area contributed by atoms with Crippen LogP contribution in [0.1, 0.15) is 30.1 Å². The fourth-order valence-electron chi connectivity index (χ4n) is 2.54. The Hall–Kier alpha value is -2.17. The van der Waals surface area contributed by atoms with Gasteiger partial charge in [0.15, 0.2) is 0 Å². The molecular weight excluding hydrogens is 230 g/mol. The topological polar surface area (TPSA) is 61.8 Å². The fraction of sp³-hybridized carbons (Fsp3) is 0.308. The van der Waals surface area contributed by atoms with E-state index in [-0.39, 0.29) is 18.0 Å². The van der Waals surface area contributed by atoms with Crippen LogP contribution in [0.5, 0.6) is 0 Å². The zero-order chi connectivity index (χ0) is 12.7. The number of rotatable bonds is 0. The van der Waals surface area contributed by atoms with Gasteiger partial charge in [-0.15, -0.1) is 0 Å². The Labute approximate surface area is 105 Å². The minimum atomic E-state index is -0.208. The number of carbonyl (C=O) groups excluding carboxylic acids is 2. The minimum absolute atomic E-state index is 0.0593. The zero-order valence-electron chi connectivity index (χ0n) is 10.0. The van der Waals surface area contributed by atoms with Crippen molar-refractivity contribution in [2.75, 3.05) is 4.90 Å². The number of anilines is 1. The molecule has 0 radical (unpaired) electrons. The van der Waals surface area contributed by atoms with Crippen LogP contribution in [0.4, 0.5) is 5.69 Å². The zero-order valence-corrected chi connectivity index (χ0v) is 10.0. The maximum Gasteiger partial charge on any atom is 0.255 e. The van der Waals surface area contributed by atoms with Gasteiger partial charge in [0.05, 0.1) is 11.3 Å². The highest BCUT2D eigenvalue weighted by Gasteiger charge is 2.37. The van der Waals surface area contributed by atoms with Crippen LogP contribution in [0.3, 0.4) is 0 Å². The van der Waals surface area contributed by atoms with E-state index in [0.29, 0.717) is 12.0 Å². The molecule has 1 atom stereocenters. The number of fused-ring (bicyclic) bond motifs is 3. The number of amidine groups is 1. The molecule has 1 fully saturated rings. The highest BCUT2D eigenvalue weighted by molar-refractivity contribution is 6.12. The van der Waals surface area contributed by atoms with E-state index in [4.69, 9.17) is 0 Å². The number of amides is 2. The molecule has 0 saturated carbocycles. The molecule has 92 valence electrons. The standard InChI is InChI=1S/C13H13N3O2/c1-8(17)14-11-6-7-12-15-13(18)9-4-2-3-5-10(9)16(11)12/h2-5,12H,6-7H2,1H3,(H,15,18). The molecule has 1 saturated heterocycles. The predicted molar refractivity (Wildman–Crippen MR) is 67.5 cm³/mol. The molecule has 2 amide bonds. The number of carbonyl (C=O) groups is 2. The summed E-state index contributed by atoms with van der Waals surface area (Å²) in [6.45, 7) is 1.44. The number of nitrogens with zero attached hydrogens (tertiary/aromatic N) is 2. The van der Waals surface area contributed by atoms with Gasteiger partial charge in [0, 0.05) is 13.3 Å². The van der Waals surface area contributed by atoms with Crippen molar-refractivity contribution in [1.29, 1.82) is 0 Å². The summed E-state index contributed by atoms with van der Waals surface area (Å²) in [7, 11) is 0. The molecule has 0 bridgehead atoms. The van der Waals surface area contributed by atoms with Gasteiger partial charge in [-0.05, 0) is 18.6 Å². The lowest BCUT2D eigenvalue weighted by molar-refractivity contribution is -0.115. The van der Waals surface area contributed by atoms with Gasteiger partial charge in [-0.3, -0.25) is 9.59 Å². The number of para-hydroxylation sites is 1. The SMILES string of the molecule is CC(=O)N=C1CCC2NC(=O)c3ccccc3N12. The highest BCUT2D eigenvalue weighted by atomic mass is 16.2. The Morgan fingerprint density at radius 1 is 1.44 bits per heavy atom. The summed E-state index contributed by atoms with van der Waals surface area (Å²) < 4.78 is 0. The Bertz CT molecular complexity index is 565. The summed E-state index contributed by atoms with van der Waals surface area (Å²) >= 11 is 0. The summed E-state index contributed by atoms with van der Waals surface area (Å²) in [4.78, 5) is 29.1. The first-order chi connectivity index (χ1) is 8.66. The van der Waals surface area contributed by atoms with Crippen molar-refractivity contribution in [3.63, 3.8) is 0 Å². The van der Waals surface area contributed by atoms with Gasteiger partial charge in [-0.1, -0.05) is 12.1 Å². The molecule has 2 aliphatic rings. The second kappa shape index (κ2) is 3.94. The molecule has 5 heteroatoms. The molecule has 1 aromatic rings. The lowest BCUT2D eigenvalue weighted by atomic mass is 10.1. The van der Waals surface area contributed by atoms with Gasteiger partial charge >= 0.3 is 0 Å². The summed E-state index contributed by atoms with van der Waals surface area (Å²) in [6.07, 6.45) is 1.41. The fourth-order valence-corrected chi connectivity index (χ4v) is 2.54. The minimum Gasteiger partial charge on any atom is -0.331 e. The van der Waals surface area contributed by atoms with Crippen LogP contribution in [-0.2, 0) is 4.79 Å². The molecule has 1 unspecified atom stereocenters. The first-order valence-electron chi connectivity index (χ1n) is 5.94. The molecular formula is C13H13N3O2. The molecule has 3 rings (SSSR count). The van der Waals surface area contributed by atoms with Crippen LogP contribution >= 0.6 is 0 Å². The molecule has 1 aromatic carbocycles. The van der Waals surface area contributed by atoms with E-state index in [0.717, 1.165) is 17.9 Å². The summed E-state index contributed by atoms with van der Waals surface area (Å²) in [5.41, 5.74) is 1.47. The van der Waals surface area contributed by atoms with Gasteiger partial charge in [0.25, 0.3) is 5.91 Å². The van der Waals surface area contributed by atoms with E-state index < -0.39 is 0 Å². The normalized spacial score (nSPS) is 23.6. The number of aliphatic imine (C=N–C) groups is 1. The second-order valence-corrected chi connectivity index (χ2v) is 4.46. The molecule has 5 nitrogen and oxygen atoms in total. The van der Waals surface area contributed by atoms with Crippen LogP contribution in [0.25, 0.3) is 0 Å². The van der Waals surface area contributed by atoms with Gasteiger partial charge in [-0.2, -0.15) is 0 Å². The van der Waals surface area contributed by atoms with Gasteiger partial charge in [0.1, 0.15) is 12.0 Å². The molecule has 1 N–H and O–H groups in total. The van der Waals surface area contributed by atoms with E-state index in [1.165, 1.54) is 6.92 Å². The lowest BCUT2D eigenvalue weighted by Gasteiger charge is -2.33. The Kier molecular flexibility index (Phi) is 2.40. The van der Waals surface area contributed by atoms with Crippen molar-refractivity contribution in [3.05, 3.63) is 29.8 Å². The van der Waals surface area contributed by atoms with Crippen LogP contribution in [0.2, 0.25) is 0 Å². The molecule has 0 aliphatic carbocycles. The lowest BCUT2D eigenvalue weighted by Crippen LogP contribution is -2.50. The summed E-state index contributed by atoms with van der Waals surface area (Å²) in [5.74, 6) is 0.468. The van der Waals surface area contributed by atoms with Crippen molar-refractivity contribution >= 4 is 23.3 Å². The van der Waals surface area contributed by atoms with E-state index in [1.807, 2.05) is 23.1 Å². The van der Waals surface area contributed by atoms with E-state index in [1.54, 1.807) is 6.07 Å². The number of nitrogens with one attached hydrogen (secondary N) is 1. The molecule has 18 heavy (non-hydrogen) atoms. The third kappa shape index (κ3) is 1.59. The Morgan fingerprint density at radius 2 is 2.22 bits per heavy atom. The van der Waals surface area contributed by atoms with E-state index >= 15 is 0 Å². The Balaban J connectivity index is 2.11. The predicted octanol–water partition coefficient (Wildman–Crippen LogP) is 1.30. The summed E-state index contributed by atoms with van der Waals surface area (Å²) in [6, 6.07) is 7.39. The van der Waals surface area contributed by atoms with Crippen molar-refractivity contribution < 1.29 is 9.59 Å². The van der Waals surface area contributed by atoms with E-state index in [2.05, 4.69) is 10.3 Å². The number of hydrogen-bond donors (Lipinski definition) is 1. The van der Waals surface area contributed by atoms with Crippen LogP contribution in [0, 0.1) is 0 Å². The van der Waals surface area contributed by atoms with Crippen LogP contribution in [0.15, 0.2) is 29.3 Å². The first kappa shape index (κ1) is 11.0. The van der Waals surface area contributed by atoms with E-state index in [9.17, 15) is 9.59 Å². The third-order valence-corrected chi connectivity index (χ3v) is 3.22. The smallest absolute Gasteiger partial charge is 0.255 e. The van der Waals surface area contributed by atoms with Gasteiger partial charge in [0.2, 0.25) is 5.91 Å². The van der Waals surface area contributed by atoms with Gasteiger partial charge in [-0.25, -0.2) is 4.99 Å². The largest absolute Gasteiger partial charge is 0.331 e. The molecule has 0 spiro atoms. The summed E-state index contributed by atoms with van der Waals surface area (Å²) in [5, 5.41) is 2.93.